The van der Waals surface area contributed by atoms with E-state index in [9.17, 15) is 15.0 Å². The normalized spacial score (nSPS) is 11.3. The van der Waals surface area contributed by atoms with Crippen LogP contribution in [0.25, 0.3) is 10.9 Å². The summed E-state index contributed by atoms with van der Waals surface area (Å²) in [6, 6.07) is 11.4. The number of fused-ring (bicyclic) bond motifs is 1. The Labute approximate surface area is 138 Å². The van der Waals surface area contributed by atoms with Crippen molar-refractivity contribution in [1.82, 2.24) is 4.98 Å². The van der Waals surface area contributed by atoms with E-state index in [0.29, 0.717) is 10.9 Å². The summed E-state index contributed by atoms with van der Waals surface area (Å²) in [5, 5.41) is 27.4. The molecular weight excluding hydrogens is 397 g/mol. The van der Waals surface area contributed by atoms with Crippen molar-refractivity contribution in [2.45, 2.75) is 0 Å². The van der Waals surface area contributed by atoms with Crippen molar-refractivity contribution >= 4 is 45.1 Å². The zero-order valence-electron chi connectivity index (χ0n) is 11.1. The third-order valence-electron chi connectivity index (χ3n) is 3.05. The highest BCUT2D eigenvalue weighted by Gasteiger charge is 2.12. The molecule has 0 fully saturated rings. The number of benzene rings is 2. The van der Waals surface area contributed by atoms with Gasteiger partial charge in [-0.3, -0.25) is 4.79 Å². The Kier molecular flexibility index (Phi) is 3.80. The minimum Gasteiger partial charge on any atom is -0.508 e. The average molecular weight is 407 g/mol. The maximum Gasteiger partial charge on any atom is 0.295 e. The molecule has 110 valence electrons. The first-order chi connectivity index (χ1) is 10.5. The monoisotopic (exact) mass is 407 g/mol. The molecule has 0 aliphatic heterocycles. The maximum absolute atomic E-state index is 11.9. The first kappa shape index (κ1) is 14.5. The van der Waals surface area contributed by atoms with Crippen LogP contribution in [-0.4, -0.2) is 21.1 Å². The number of azo groups is 1. The molecule has 0 bridgehead atoms. The van der Waals surface area contributed by atoms with Crippen LogP contribution in [0.3, 0.4) is 0 Å². The standard InChI is InChI=1S/C15H10IN3O3/c16-9-4-5-12-11(7-9)13(15(22)17-12)18-19-14(21)8-2-1-3-10(20)6-8/h1-7,17,20,22H. The van der Waals surface area contributed by atoms with Crippen LogP contribution in [-0.2, 0) is 0 Å². The largest absolute Gasteiger partial charge is 0.508 e. The SMILES string of the molecule is O=C(N=Nc1c(O)[nH]c2ccc(I)cc12)c1cccc(O)c1. The molecule has 0 radical (unpaired) electrons. The van der Waals surface area contributed by atoms with E-state index < -0.39 is 5.91 Å². The number of aromatic hydroxyl groups is 2. The summed E-state index contributed by atoms with van der Waals surface area (Å²) < 4.78 is 0.972. The Morgan fingerprint density at radius 2 is 1.95 bits per heavy atom. The number of aromatic nitrogens is 1. The van der Waals surface area contributed by atoms with Gasteiger partial charge in [-0.05, 0) is 59.0 Å². The van der Waals surface area contributed by atoms with Gasteiger partial charge in [-0.2, -0.15) is 0 Å². The lowest BCUT2D eigenvalue weighted by Gasteiger charge is -1.96. The van der Waals surface area contributed by atoms with Crippen molar-refractivity contribution in [2.75, 3.05) is 0 Å². The Hall–Kier alpha value is -2.42. The predicted molar refractivity (Wildman–Crippen MR) is 89.6 cm³/mol. The number of nitrogens with zero attached hydrogens (tertiary/aromatic N) is 2. The highest BCUT2D eigenvalue weighted by molar-refractivity contribution is 14.1. The van der Waals surface area contributed by atoms with Crippen molar-refractivity contribution in [3.8, 4) is 11.6 Å². The Morgan fingerprint density at radius 3 is 2.73 bits per heavy atom. The van der Waals surface area contributed by atoms with Crippen molar-refractivity contribution in [1.29, 1.82) is 0 Å². The van der Waals surface area contributed by atoms with E-state index >= 15 is 0 Å². The zero-order chi connectivity index (χ0) is 15.7. The van der Waals surface area contributed by atoms with E-state index in [2.05, 4.69) is 37.8 Å². The van der Waals surface area contributed by atoms with E-state index in [1.807, 2.05) is 18.2 Å². The third-order valence-corrected chi connectivity index (χ3v) is 3.72. The molecular formula is C15H10IN3O3. The van der Waals surface area contributed by atoms with E-state index in [1.54, 1.807) is 6.07 Å². The first-order valence-corrected chi connectivity index (χ1v) is 7.38. The summed E-state index contributed by atoms with van der Waals surface area (Å²) in [5.41, 5.74) is 1.14. The molecule has 3 aromatic rings. The lowest BCUT2D eigenvalue weighted by Crippen LogP contribution is -1.92. The van der Waals surface area contributed by atoms with Gasteiger partial charge >= 0.3 is 0 Å². The lowest BCUT2D eigenvalue weighted by atomic mass is 10.2. The summed E-state index contributed by atoms with van der Waals surface area (Å²) in [5.74, 6) is -0.773. The number of halogens is 1. The van der Waals surface area contributed by atoms with Gasteiger partial charge in [0.2, 0.25) is 5.88 Å². The molecule has 1 heterocycles. The molecule has 3 rings (SSSR count). The first-order valence-electron chi connectivity index (χ1n) is 6.30. The number of phenols is 1. The van der Waals surface area contributed by atoms with Crippen LogP contribution < -0.4 is 0 Å². The maximum atomic E-state index is 11.9. The van der Waals surface area contributed by atoms with Gasteiger partial charge in [0.25, 0.3) is 5.91 Å². The van der Waals surface area contributed by atoms with Gasteiger partial charge in [-0.15, -0.1) is 10.2 Å². The van der Waals surface area contributed by atoms with Crippen molar-refractivity contribution in [2.24, 2.45) is 10.2 Å². The van der Waals surface area contributed by atoms with Crippen LogP contribution in [0.4, 0.5) is 5.69 Å². The molecule has 1 amide bonds. The molecule has 0 unspecified atom stereocenters. The summed E-state index contributed by atoms with van der Waals surface area (Å²) in [6.07, 6.45) is 0. The highest BCUT2D eigenvalue weighted by Crippen LogP contribution is 2.36. The average Bonchev–Trinajstić information content (AvgIpc) is 2.80. The lowest BCUT2D eigenvalue weighted by molar-refractivity contribution is 0.0994. The van der Waals surface area contributed by atoms with Gasteiger partial charge in [0.05, 0.1) is 5.52 Å². The second kappa shape index (κ2) is 5.76. The topological polar surface area (TPSA) is 98.0 Å². The number of aromatic amines is 1. The van der Waals surface area contributed by atoms with Crippen LogP contribution in [0.5, 0.6) is 11.6 Å². The van der Waals surface area contributed by atoms with Gasteiger partial charge in [0, 0.05) is 14.5 Å². The summed E-state index contributed by atoms with van der Waals surface area (Å²) in [6.45, 7) is 0. The molecule has 6 nitrogen and oxygen atoms in total. The number of rotatable bonds is 2. The summed E-state index contributed by atoms with van der Waals surface area (Å²) in [4.78, 5) is 14.7. The molecule has 0 spiro atoms. The van der Waals surface area contributed by atoms with Crippen LogP contribution in [0, 0.1) is 3.57 Å². The number of H-pyrrole nitrogens is 1. The van der Waals surface area contributed by atoms with Crippen LogP contribution in [0.1, 0.15) is 10.4 Å². The molecule has 1 aromatic heterocycles. The fraction of sp³-hybridized carbons (Fsp3) is 0. The summed E-state index contributed by atoms with van der Waals surface area (Å²) >= 11 is 2.15. The van der Waals surface area contributed by atoms with Gasteiger partial charge < -0.3 is 15.2 Å². The number of phenolic OH excluding ortho intramolecular Hbond substituents is 1. The van der Waals surface area contributed by atoms with Gasteiger partial charge in [-0.1, -0.05) is 6.07 Å². The van der Waals surface area contributed by atoms with Crippen LogP contribution >= 0.6 is 22.6 Å². The minimum absolute atomic E-state index is 0.0226. The highest BCUT2D eigenvalue weighted by atomic mass is 127. The van der Waals surface area contributed by atoms with E-state index in [4.69, 9.17) is 0 Å². The van der Waals surface area contributed by atoms with Crippen LogP contribution in [0.15, 0.2) is 52.7 Å². The number of nitrogens with one attached hydrogen (secondary N) is 1. The third kappa shape index (κ3) is 2.80. The molecule has 0 saturated heterocycles. The number of hydrogen-bond donors (Lipinski definition) is 3. The fourth-order valence-corrected chi connectivity index (χ4v) is 2.52. The molecule has 2 aromatic carbocycles. The molecule has 22 heavy (non-hydrogen) atoms. The Morgan fingerprint density at radius 1 is 1.14 bits per heavy atom. The number of carbonyl (C=O) groups is 1. The predicted octanol–water partition coefficient (Wildman–Crippen LogP) is 4.11. The quantitative estimate of drug-likeness (QED) is 0.441. The van der Waals surface area contributed by atoms with Crippen molar-refractivity contribution < 1.29 is 15.0 Å². The summed E-state index contributed by atoms with van der Waals surface area (Å²) in [7, 11) is 0. The number of amides is 1. The van der Waals surface area contributed by atoms with E-state index in [0.717, 1.165) is 3.57 Å². The van der Waals surface area contributed by atoms with Crippen LogP contribution in [0.2, 0.25) is 0 Å². The van der Waals surface area contributed by atoms with Crippen molar-refractivity contribution in [3.05, 3.63) is 51.6 Å². The Balaban J connectivity index is 1.97. The smallest absolute Gasteiger partial charge is 0.295 e. The zero-order valence-corrected chi connectivity index (χ0v) is 13.3. The second-order valence-electron chi connectivity index (χ2n) is 4.57. The minimum atomic E-state index is -0.602. The van der Waals surface area contributed by atoms with Gasteiger partial charge in [-0.25, -0.2) is 0 Å². The number of carbonyl (C=O) groups excluding carboxylic acids is 1. The number of hydrogen-bond acceptors (Lipinski definition) is 4. The van der Waals surface area contributed by atoms with Crippen molar-refractivity contribution in [3.63, 3.8) is 0 Å². The molecule has 3 N–H and O–H groups in total. The van der Waals surface area contributed by atoms with E-state index in [1.165, 1.54) is 18.2 Å². The van der Waals surface area contributed by atoms with E-state index in [-0.39, 0.29) is 22.9 Å². The fourth-order valence-electron chi connectivity index (χ4n) is 2.03. The molecule has 0 aliphatic rings. The molecule has 0 saturated carbocycles. The Bertz CT molecular complexity index is 902. The van der Waals surface area contributed by atoms with Gasteiger partial charge in [0.15, 0.2) is 5.69 Å². The molecule has 0 aliphatic carbocycles. The molecule has 0 atom stereocenters. The second-order valence-corrected chi connectivity index (χ2v) is 5.81. The van der Waals surface area contributed by atoms with Gasteiger partial charge in [0.1, 0.15) is 5.75 Å². The molecule has 7 heteroatoms.